The van der Waals surface area contributed by atoms with Crippen molar-refractivity contribution in [3.8, 4) is 0 Å². The lowest BCUT2D eigenvalue weighted by Crippen LogP contribution is -2.05. The third-order valence-corrected chi connectivity index (χ3v) is 3.56. The van der Waals surface area contributed by atoms with E-state index >= 15 is 0 Å². The smallest absolute Gasteiger partial charge is 0.0960 e. The van der Waals surface area contributed by atoms with Crippen molar-refractivity contribution in [1.29, 1.82) is 0 Å². The Morgan fingerprint density at radius 2 is 2.38 bits per heavy atom. The van der Waals surface area contributed by atoms with E-state index in [2.05, 4.69) is 16.5 Å². The Bertz CT molecular complexity index is 448. The van der Waals surface area contributed by atoms with Gasteiger partial charge in [-0.3, -0.25) is 4.68 Å². The summed E-state index contributed by atoms with van der Waals surface area (Å²) in [6.45, 7) is 1.94. The monoisotopic (exact) mass is 236 g/mol. The van der Waals surface area contributed by atoms with E-state index in [-0.39, 0.29) is 0 Å². The summed E-state index contributed by atoms with van der Waals surface area (Å²) < 4.78 is 1.76. The minimum Gasteiger partial charge on any atom is -0.387 e. The predicted octanol–water partition coefficient (Wildman–Crippen LogP) is 2.46. The Labute approximate surface area is 99.4 Å². The number of aliphatic hydroxyl groups is 1. The highest BCUT2D eigenvalue weighted by atomic mass is 32.1. The Morgan fingerprint density at radius 3 is 2.94 bits per heavy atom. The number of rotatable bonds is 4. The second-order valence-corrected chi connectivity index (χ2v) is 5.00. The highest BCUT2D eigenvalue weighted by Crippen LogP contribution is 2.21. The molecule has 2 heterocycles. The van der Waals surface area contributed by atoms with E-state index in [0.29, 0.717) is 0 Å². The third kappa shape index (κ3) is 2.51. The normalized spacial score (nSPS) is 12.9. The molecule has 1 atom stereocenters. The van der Waals surface area contributed by atoms with E-state index in [1.54, 1.807) is 16.0 Å². The van der Waals surface area contributed by atoms with Crippen molar-refractivity contribution in [1.82, 2.24) is 9.78 Å². The van der Waals surface area contributed by atoms with Crippen molar-refractivity contribution in [2.75, 3.05) is 0 Å². The van der Waals surface area contributed by atoms with Gasteiger partial charge < -0.3 is 5.11 Å². The van der Waals surface area contributed by atoms with Crippen LogP contribution in [0, 0.1) is 6.92 Å². The summed E-state index contributed by atoms with van der Waals surface area (Å²) in [5.41, 5.74) is 1.85. The highest BCUT2D eigenvalue weighted by molar-refractivity contribution is 7.09. The average molecular weight is 236 g/mol. The summed E-state index contributed by atoms with van der Waals surface area (Å²) in [7, 11) is 1.87. The van der Waals surface area contributed by atoms with Crippen LogP contribution < -0.4 is 0 Å². The maximum atomic E-state index is 10.1. The molecule has 86 valence electrons. The van der Waals surface area contributed by atoms with Gasteiger partial charge in [-0.15, -0.1) is 11.3 Å². The zero-order valence-corrected chi connectivity index (χ0v) is 10.4. The van der Waals surface area contributed by atoms with Crippen LogP contribution in [0.15, 0.2) is 23.6 Å². The van der Waals surface area contributed by atoms with Crippen LogP contribution in [-0.4, -0.2) is 14.9 Å². The van der Waals surface area contributed by atoms with E-state index in [0.717, 1.165) is 24.2 Å². The van der Waals surface area contributed by atoms with Crippen LogP contribution in [0.2, 0.25) is 0 Å². The lowest BCUT2D eigenvalue weighted by Gasteiger charge is -2.09. The van der Waals surface area contributed by atoms with E-state index in [9.17, 15) is 5.11 Å². The van der Waals surface area contributed by atoms with E-state index in [1.165, 1.54) is 4.88 Å². The largest absolute Gasteiger partial charge is 0.387 e. The molecule has 16 heavy (non-hydrogen) atoms. The first-order valence-corrected chi connectivity index (χ1v) is 6.26. The van der Waals surface area contributed by atoms with Crippen LogP contribution in [0.4, 0.5) is 0 Å². The summed E-state index contributed by atoms with van der Waals surface area (Å²) in [5.74, 6) is 0. The van der Waals surface area contributed by atoms with Gasteiger partial charge in [0.1, 0.15) is 0 Å². The number of hydrogen-bond acceptors (Lipinski definition) is 3. The molecule has 1 N–H and O–H groups in total. The van der Waals surface area contributed by atoms with Gasteiger partial charge in [-0.2, -0.15) is 5.10 Å². The first kappa shape index (κ1) is 11.4. The van der Waals surface area contributed by atoms with Gasteiger partial charge in [0.15, 0.2) is 0 Å². The summed E-state index contributed by atoms with van der Waals surface area (Å²) in [4.78, 5) is 1.32. The number of aliphatic hydroxyl groups excluding tert-OH is 1. The summed E-state index contributed by atoms with van der Waals surface area (Å²) in [5, 5.41) is 16.4. The lowest BCUT2D eigenvalue weighted by molar-refractivity contribution is 0.158. The zero-order valence-electron chi connectivity index (χ0n) is 9.55. The lowest BCUT2D eigenvalue weighted by atomic mass is 10.1. The van der Waals surface area contributed by atoms with Crippen molar-refractivity contribution in [2.24, 2.45) is 7.05 Å². The van der Waals surface area contributed by atoms with Crippen LogP contribution in [0.25, 0.3) is 0 Å². The molecule has 2 rings (SSSR count). The van der Waals surface area contributed by atoms with E-state index in [4.69, 9.17) is 0 Å². The molecule has 0 amide bonds. The molecule has 0 aliphatic rings. The minimum atomic E-state index is -0.423. The SMILES string of the molecule is Cc1cc(C(O)CCc2cccs2)n(C)n1. The van der Waals surface area contributed by atoms with Gasteiger partial charge in [0.05, 0.1) is 17.5 Å². The quantitative estimate of drug-likeness (QED) is 0.885. The molecular formula is C12H16N2OS. The van der Waals surface area contributed by atoms with Gasteiger partial charge in [0.25, 0.3) is 0 Å². The maximum Gasteiger partial charge on any atom is 0.0960 e. The fourth-order valence-electron chi connectivity index (χ4n) is 1.82. The Balaban J connectivity index is 1.98. The summed E-state index contributed by atoms with van der Waals surface area (Å²) in [6.07, 6.45) is 1.25. The molecular weight excluding hydrogens is 220 g/mol. The molecule has 0 saturated carbocycles. The van der Waals surface area contributed by atoms with Crippen LogP contribution in [0.1, 0.15) is 28.8 Å². The predicted molar refractivity (Wildman–Crippen MR) is 65.5 cm³/mol. The molecule has 0 saturated heterocycles. The molecule has 0 radical (unpaired) electrons. The number of thiophene rings is 1. The molecule has 0 spiro atoms. The van der Waals surface area contributed by atoms with Gasteiger partial charge >= 0.3 is 0 Å². The Kier molecular flexibility index (Phi) is 3.41. The van der Waals surface area contributed by atoms with Crippen LogP contribution in [0.3, 0.4) is 0 Å². The maximum absolute atomic E-state index is 10.1. The number of aromatic nitrogens is 2. The standard InChI is InChI=1S/C12H16N2OS/c1-9-8-11(14(2)13-9)12(15)6-5-10-4-3-7-16-10/h3-4,7-8,12,15H,5-6H2,1-2H3. The minimum absolute atomic E-state index is 0.423. The van der Waals surface area contributed by atoms with Crippen molar-refractivity contribution in [3.05, 3.63) is 39.8 Å². The highest BCUT2D eigenvalue weighted by Gasteiger charge is 2.12. The fraction of sp³-hybridized carbons (Fsp3) is 0.417. The first-order valence-electron chi connectivity index (χ1n) is 5.38. The van der Waals surface area contributed by atoms with Crippen molar-refractivity contribution >= 4 is 11.3 Å². The molecule has 2 aromatic heterocycles. The Hall–Kier alpha value is -1.13. The summed E-state index contributed by atoms with van der Waals surface area (Å²) >= 11 is 1.74. The molecule has 3 nitrogen and oxygen atoms in total. The molecule has 0 bridgehead atoms. The van der Waals surface area contributed by atoms with Gasteiger partial charge in [-0.25, -0.2) is 0 Å². The number of nitrogens with zero attached hydrogens (tertiary/aromatic N) is 2. The first-order chi connectivity index (χ1) is 7.66. The van der Waals surface area contributed by atoms with Crippen molar-refractivity contribution < 1.29 is 5.11 Å². The van der Waals surface area contributed by atoms with Gasteiger partial charge in [0, 0.05) is 11.9 Å². The number of hydrogen-bond donors (Lipinski definition) is 1. The summed E-state index contributed by atoms with van der Waals surface area (Å²) in [6, 6.07) is 6.09. The molecule has 2 aromatic rings. The van der Waals surface area contributed by atoms with Gasteiger partial charge in [-0.1, -0.05) is 6.07 Å². The van der Waals surface area contributed by atoms with Crippen LogP contribution in [-0.2, 0) is 13.5 Å². The zero-order chi connectivity index (χ0) is 11.5. The van der Waals surface area contributed by atoms with Crippen molar-refractivity contribution in [3.63, 3.8) is 0 Å². The fourth-order valence-corrected chi connectivity index (χ4v) is 2.55. The molecule has 0 aliphatic heterocycles. The topological polar surface area (TPSA) is 38.0 Å². The number of aryl methyl sites for hydroxylation is 3. The van der Waals surface area contributed by atoms with Crippen LogP contribution >= 0.6 is 11.3 Å². The molecule has 4 heteroatoms. The molecule has 0 fully saturated rings. The average Bonchev–Trinajstić information content (AvgIpc) is 2.84. The van der Waals surface area contributed by atoms with Gasteiger partial charge in [0.2, 0.25) is 0 Å². The molecule has 0 aliphatic carbocycles. The Morgan fingerprint density at radius 1 is 1.56 bits per heavy atom. The second-order valence-electron chi connectivity index (χ2n) is 3.97. The van der Waals surface area contributed by atoms with Crippen molar-refractivity contribution in [2.45, 2.75) is 25.9 Å². The van der Waals surface area contributed by atoms with E-state index < -0.39 is 6.10 Å². The van der Waals surface area contributed by atoms with E-state index in [1.807, 2.05) is 26.1 Å². The third-order valence-electron chi connectivity index (χ3n) is 2.62. The van der Waals surface area contributed by atoms with Crippen LogP contribution in [0.5, 0.6) is 0 Å². The van der Waals surface area contributed by atoms with Gasteiger partial charge in [-0.05, 0) is 37.3 Å². The second kappa shape index (κ2) is 4.80. The molecule has 0 aromatic carbocycles. The molecule has 1 unspecified atom stereocenters.